The van der Waals surface area contributed by atoms with Gasteiger partial charge in [-0.3, -0.25) is 0 Å². The van der Waals surface area contributed by atoms with Crippen molar-refractivity contribution >= 4 is 39.7 Å². The topological polar surface area (TPSA) is 37.8 Å². The van der Waals surface area contributed by atoms with Gasteiger partial charge in [0.15, 0.2) is 5.82 Å². The fourth-order valence-electron chi connectivity index (χ4n) is 1.89. The van der Waals surface area contributed by atoms with Gasteiger partial charge in [0.05, 0.1) is 14.1 Å². The van der Waals surface area contributed by atoms with Crippen molar-refractivity contribution in [3.05, 3.63) is 26.3 Å². The van der Waals surface area contributed by atoms with Gasteiger partial charge in [-0.2, -0.15) is 0 Å². The van der Waals surface area contributed by atoms with E-state index < -0.39 is 0 Å². The minimum absolute atomic E-state index is 0.171. The van der Waals surface area contributed by atoms with E-state index in [9.17, 15) is 0 Å². The van der Waals surface area contributed by atoms with Gasteiger partial charge >= 0.3 is 0 Å². The molecule has 0 radical (unpaired) electrons. The molecule has 0 aliphatic rings. The molecule has 2 rings (SSSR count). The van der Waals surface area contributed by atoms with E-state index in [-0.39, 0.29) is 5.41 Å². The number of aromatic nitrogens is 2. The van der Waals surface area contributed by atoms with Crippen LogP contribution in [0.3, 0.4) is 0 Å². The lowest BCUT2D eigenvalue weighted by Gasteiger charge is -2.15. The van der Waals surface area contributed by atoms with Crippen LogP contribution >= 0.6 is 33.9 Å². The molecule has 3 nitrogen and oxygen atoms in total. The quantitative estimate of drug-likeness (QED) is 0.695. The van der Waals surface area contributed by atoms with Gasteiger partial charge in [-0.05, 0) is 53.5 Å². The van der Waals surface area contributed by atoms with Gasteiger partial charge in [0.1, 0.15) is 5.82 Å². The maximum atomic E-state index is 4.72. The highest BCUT2D eigenvalue weighted by molar-refractivity contribution is 14.1. The van der Waals surface area contributed by atoms with Crippen molar-refractivity contribution in [2.24, 2.45) is 0 Å². The summed E-state index contributed by atoms with van der Waals surface area (Å²) in [6.45, 7) is 11.8. The fourth-order valence-corrected chi connectivity index (χ4v) is 3.32. The maximum absolute atomic E-state index is 4.72. The Morgan fingerprint density at radius 1 is 1.24 bits per heavy atom. The first kappa shape index (κ1) is 16.7. The summed E-state index contributed by atoms with van der Waals surface area (Å²) >= 11 is 4.10. The van der Waals surface area contributed by atoms with Gasteiger partial charge in [0.2, 0.25) is 0 Å². The summed E-state index contributed by atoms with van der Waals surface area (Å²) in [5.74, 6) is 1.78. The van der Waals surface area contributed by atoms with Crippen LogP contribution in [0.5, 0.6) is 0 Å². The lowest BCUT2D eigenvalue weighted by atomic mass is 9.95. The van der Waals surface area contributed by atoms with Crippen molar-refractivity contribution in [1.82, 2.24) is 9.97 Å². The van der Waals surface area contributed by atoms with Crippen LogP contribution in [0.2, 0.25) is 0 Å². The highest BCUT2D eigenvalue weighted by Crippen LogP contribution is 2.34. The highest BCUT2D eigenvalue weighted by Gasteiger charge is 2.18. The Balaban J connectivity index is 2.40. The van der Waals surface area contributed by atoms with E-state index in [1.165, 1.54) is 4.88 Å². The van der Waals surface area contributed by atoms with E-state index in [1.807, 2.05) is 6.92 Å². The van der Waals surface area contributed by atoms with E-state index in [0.29, 0.717) is 0 Å². The van der Waals surface area contributed by atoms with Crippen molar-refractivity contribution < 1.29 is 0 Å². The number of thiophene rings is 1. The lowest BCUT2D eigenvalue weighted by molar-refractivity contribution is 0.604. The molecule has 0 saturated carbocycles. The molecule has 0 fully saturated rings. The van der Waals surface area contributed by atoms with Crippen LogP contribution in [0, 0.1) is 10.5 Å². The van der Waals surface area contributed by atoms with Crippen molar-refractivity contribution in [3.8, 4) is 10.7 Å². The summed E-state index contributed by atoms with van der Waals surface area (Å²) in [5, 5.41) is 3.40. The molecular weight excluding hydrogens is 393 g/mol. The molecule has 0 unspecified atom stereocenters. The number of nitrogens with zero attached hydrogens (tertiary/aromatic N) is 2. The standard InChI is InChI=1S/C16H22IN3S/c1-6-9-18-15-13(17)10(2)19-14(20-15)11-7-8-12(21-11)16(3,4)5/h7-8H,6,9H2,1-5H3,(H,18,19,20). The van der Waals surface area contributed by atoms with E-state index >= 15 is 0 Å². The molecule has 2 aromatic heterocycles. The number of halogens is 1. The molecule has 2 heterocycles. The molecule has 0 atom stereocenters. The minimum atomic E-state index is 0.171. The molecule has 5 heteroatoms. The Labute approximate surface area is 144 Å². The number of rotatable bonds is 4. The molecule has 0 aliphatic carbocycles. The number of nitrogens with one attached hydrogen (secondary N) is 1. The van der Waals surface area contributed by atoms with Gasteiger partial charge in [0.25, 0.3) is 0 Å². The van der Waals surface area contributed by atoms with E-state index in [4.69, 9.17) is 4.98 Å². The third-order valence-electron chi connectivity index (χ3n) is 3.12. The summed E-state index contributed by atoms with van der Waals surface area (Å²) in [7, 11) is 0. The molecular formula is C16H22IN3S. The van der Waals surface area contributed by atoms with Gasteiger partial charge in [0, 0.05) is 11.4 Å². The highest BCUT2D eigenvalue weighted by atomic mass is 127. The van der Waals surface area contributed by atoms with Gasteiger partial charge in [-0.1, -0.05) is 27.7 Å². The number of hydrogen-bond acceptors (Lipinski definition) is 4. The molecule has 114 valence electrons. The van der Waals surface area contributed by atoms with Crippen LogP contribution in [0.4, 0.5) is 5.82 Å². The molecule has 0 aromatic carbocycles. The summed E-state index contributed by atoms with van der Waals surface area (Å²) < 4.78 is 1.11. The average molecular weight is 415 g/mol. The Morgan fingerprint density at radius 3 is 2.52 bits per heavy atom. The van der Waals surface area contributed by atoms with Crippen molar-refractivity contribution in [2.45, 2.75) is 46.5 Å². The Hall–Kier alpha value is -0.690. The molecule has 0 spiro atoms. The monoisotopic (exact) mass is 415 g/mol. The number of aryl methyl sites for hydroxylation is 1. The van der Waals surface area contributed by atoms with E-state index in [0.717, 1.165) is 38.7 Å². The predicted octanol–water partition coefficient (Wildman–Crippen LogP) is 5.24. The lowest BCUT2D eigenvalue weighted by Crippen LogP contribution is -2.08. The molecule has 21 heavy (non-hydrogen) atoms. The SMILES string of the molecule is CCCNc1nc(-c2ccc(C(C)(C)C)s2)nc(C)c1I. The third-order valence-corrected chi connectivity index (χ3v) is 5.92. The van der Waals surface area contributed by atoms with Gasteiger partial charge in [-0.15, -0.1) is 11.3 Å². The van der Waals surface area contributed by atoms with Crippen LogP contribution in [0.25, 0.3) is 10.7 Å². The zero-order chi connectivity index (χ0) is 15.6. The smallest absolute Gasteiger partial charge is 0.171 e. The average Bonchev–Trinajstić information content (AvgIpc) is 2.90. The number of anilines is 1. The second-order valence-electron chi connectivity index (χ2n) is 6.14. The van der Waals surface area contributed by atoms with Crippen molar-refractivity contribution in [3.63, 3.8) is 0 Å². The van der Waals surface area contributed by atoms with Crippen LogP contribution in [0.1, 0.15) is 44.7 Å². The normalized spacial score (nSPS) is 11.7. The van der Waals surface area contributed by atoms with Crippen molar-refractivity contribution in [1.29, 1.82) is 0 Å². The first-order chi connectivity index (χ1) is 9.82. The Kier molecular flexibility index (Phi) is 5.24. The van der Waals surface area contributed by atoms with Gasteiger partial charge in [-0.25, -0.2) is 9.97 Å². The second kappa shape index (κ2) is 6.60. The zero-order valence-corrected chi connectivity index (χ0v) is 16.2. The Bertz CT molecular complexity index is 629. The minimum Gasteiger partial charge on any atom is -0.369 e. The second-order valence-corrected chi connectivity index (χ2v) is 8.30. The molecule has 0 aliphatic heterocycles. The fraction of sp³-hybridized carbons (Fsp3) is 0.500. The third kappa shape index (κ3) is 3.94. The molecule has 1 N–H and O–H groups in total. The first-order valence-corrected chi connectivity index (χ1v) is 9.11. The molecule has 0 amide bonds. The largest absolute Gasteiger partial charge is 0.369 e. The van der Waals surface area contributed by atoms with E-state index in [2.05, 4.69) is 72.7 Å². The summed E-state index contributed by atoms with van der Waals surface area (Å²) in [6.07, 6.45) is 1.08. The van der Waals surface area contributed by atoms with Crippen LogP contribution in [-0.2, 0) is 5.41 Å². The molecule has 0 saturated heterocycles. The van der Waals surface area contributed by atoms with E-state index in [1.54, 1.807) is 11.3 Å². The van der Waals surface area contributed by atoms with Crippen LogP contribution < -0.4 is 5.32 Å². The van der Waals surface area contributed by atoms with Gasteiger partial charge < -0.3 is 5.32 Å². The predicted molar refractivity (Wildman–Crippen MR) is 100 cm³/mol. The van der Waals surface area contributed by atoms with Crippen LogP contribution in [0.15, 0.2) is 12.1 Å². The summed E-state index contributed by atoms with van der Waals surface area (Å²) in [4.78, 5) is 11.9. The maximum Gasteiger partial charge on any atom is 0.171 e. The molecule has 2 aromatic rings. The summed E-state index contributed by atoms with van der Waals surface area (Å²) in [6, 6.07) is 4.33. The van der Waals surface area contributed by atoms with Crippen molar-refractivity contribution in [2.75, 3.05) is 11.9 Å². The van der Waals surface area contributed by atoms with Crippen LogP contribution in [-0.4, -0.2) is 16.5 Å². The molecule has 0 bridgehead atoms. The first-order valence-electron chi connectivity index (χ1n) is 7.21. The Morgan fingerprint density at radius 2 is 1.95 bits per heavy atom. The summed E-state index contributed by atoms with van der Waals surface area (Å²) in [5.41, 5.74) is 1.20. The zero-order valence-electron chi connectivity index (χ0n) is 13.2. The number of hydrogen-bond donors (Lipinski definition) is 1.